The Morgan fingerprint density at radius 3 is 2.88 bits per heavy atom. The van der Waals surface area contributed by atoms with Crippen molar-refractivity contribution in [3.8, 4) is 5.75 Å². The Hall–Kier alpha value is -1.13. The summed E-state index contributed by atoms with van der Waals surface area (Å²) >= 11 is 0. The maximum Gasteiger partial charge on any atom is 0.122 e. The maximum absolute atomic E-state index is 8.63. The van der Waals surface area contributed by atoms with Crippen molar-refractivity contribution in [2.24, 2.45) is 0 Å². The van der Waals surface area contributed by atoms with Crippen LogP contribution >= 0.6 is 0 Å². The van der Waals surface area contributed by atoms with E-state index in [0.29, 0.717) is 0 Å². The van der Waals surface area contributed by atoms with Crippen molar-refractivity contribution in [2.75, 3.05) is 20.3 Å². The van der Waals surface area contributed by atoms with Gasteiger partial charge in [-0.3, -0.25) is 4.98 Å². The molecule has 0 bridgehead atoms. The van der Waals surface area contributed by atoms with Gasteiger partial charge in [-0.15, -0.1) is 0 Å². The molecule has 4 nitrogen and oxygen atoms in total. The molecule has 0 fully saturated rings. The lowest BCUT2D eigenvalue weighted by atomic mass is 10.2. The summed E-state index contributed by atoms with van der Waals surface area (Å²) in [7, 11) is 1.66. The monoisotopic (exact) mass is 224 g/mol. The zero-order valence-corrected chi connectivity index (χ0v) is 9.99. The fourth-order valence-electron chi connectivity index (χ4n) is 1.49. The highest BCUT2D eigenvalue weighted by molar-refractivity contribution is 5.26. The summed E-state index contributed by atoms with van der Waals surface area (Å²) in [5.74, 6) is 0.847. The molecule has 90 valence electrons. The number of rotatable bonds is 7. The standard InChI is InChI=1S/C12H20N2O2/c1-10-7-12(16-2)8-11(14-10)9-13-5-3-4-6-15/h7-8,13,15H,3-6,9H2,1-2H3. The first-order valence-electron chi connectivity index (χ1n) is 5.59. The average Bonchev–Trinajstić information content (AvgIpc) is 2.28. The normalized spacial score (nSPS) is 10.4. The van der Waals surface area contributed by atoms with Gasteiger partial charge in [-0.1, -0.05) is 0 Å². The Balaban J connectivity index is 2.38. The van der Waals surface area contributed by atoms with E-state index < -0.39 is 0 Å². The number of unbranched alkanes of at least 4 members (excludes halogenated alkanes) is 1. The van der Waals surface area contributed by atoms with E-state index in [0.717, 1.165) is 43.1 Å². The number of methoxy groups -OCH3 is 1. The van der Waals surface area contributed by atoms with Crippen LogP contribution in [0.5, 0.6) is 5.75 Å². The number of nitrogens with one attached hydrogen (secondary N) is 1. The summed E-state index contributed by atoms with van der Waals surface area (Å²) < 4.78 is 5.18. The number of hydrogen-bond donors (Lipinski definition) is 2. The number of nitrogens with zero attached hydrogens (tertiary/aromatic N) is 1. The molecule has 0 spiro atoms. The van der Waals surface area contributed by atoms with Gasteiger partial charge in [0.1, 0.15) is 5.75 Å². The molecule has 1 aromatic heterocycles. The van der Waals surface area contributed by atoms with Gasteiger partial charge in [0.2, 0.25) is 0 Å². The van der Waals surface area contributed by atoms with E-state index in [1.54, 1.807) is 7.11 Å². The van der Waals surface area contributed by atoms with Gasteiger partial charge in [0, 0.05) is 31.0 Å². The second-order valence-electron chi connectivity index (χ2n) is 3.75. The third kappa shape index (κ3) is 4.59. The number of aromatic nitrogens is 1. The van der Waals surface area contributed by atoms with E-state index in [1.807, 2.05) is 19.1 Å². The lowest BCUT2D eigenvalue weighted by Crippen LogP contribution is -2.16. The molecule has 0 aliphatic rings. The third-order valence-corrected chi connectivity index (χ3v) is 2.28. The molecule has 0 radical (unpaired) electrons. The zero-order valence-electron chi connectivity index (χ0n) is 9.99. The van der Waals surface area contributed by atoms with Crippen LogP contribution in [0.15, 0.2) is 12.1 Å². The first kappa shape index (κ1) is 12.9. The molecule has 0 amide bonds. The van der Waals surface area contributed by atoms with Crippen molar-refractivity contribution in [3.05, 3.63) is 23.5 Å². The Labute approximate surface area is 96.7 Å². The van der Waals surface area contributed by atoms with E-state index in [-0.39, 0.29) is 6.61 Å². The number of ether oxygens (including phenoxy) is 1. The third-order valence-electron chi connectivity index (χ3n) is 2.28. The van der Waals surface area contributed by atoms with Gasteiger partial charge in [-0.2, -0.15) is 0 Å². The van der Waals surface area contributed by atoms with Crippen LogP contribution in [0.4, 0.5) is 0 Å². The predicted molar refractivity (Wildman–Crippen MR) is 63.6 cm³/mol. The highest BCUT2D eigenvalue weighted by atomic mass is 16.5. The van der Waals surface area contributed by atoms with Crippen LogP contribution in [0.25, 0.3) is 0 Å². The van der Waals surface area contributed by atoms with E-state index in [4.69, 9.17) is 9.84 Å². The molecule has 0 unspecified atom stereocenters. The Morgan fingerprint density at radius 1 is 1.38 bits per heavy atom. The molecule has 4 heteroatoms. The number of hydrogen-bond acceptors (Lipinski definition) is 4. The van der Waals surface area contributed by atoms with Crippen LogP contribution in [0.2, 0.25) is 0 Å². The smallest absolute Gasteiger partial charge is 0.122 e. The second kappa shape index (κ2) is 7.19. The van der Waals surface area contributed by atoms with Crippen LogP contribution in [-0.2, 0) is 6.54 Å². The fourth-order valence-corrected chi connectivity index (χ4v) is 1.49. The van der Waals surface area contributed by atoms with Gasteiger partial charge in [0.15, 0.2) is 0 Å². The maximum atomic E-state index is 8.63. The second-order valence-corrected chi connectivity index (χ2v) is 3.75. The molecule has 0 aliphatic carbocycles. The lowest BCUT2D eigenvalue weighted by molar-refractivity contribution is 0.283. The molecule has 0 saturated carbocycles. The Bertz CT molecular complexity index is 316. The molecule has 0 aliphatic heterocycles. The summed E-state index contributed by atoms with van der Waals surface area (Å²) in [6.07, 6.45) is 1.83. The van der Waals surface area contributed by atoms with Crippen molar-refractivity contribution < 1.29 is 9.84 Å². The van der Waals surface area contributed by atoms with Crippen molar-refractivity contribution >= 4 is 0 Å². The first-order valence-corrected chi connectivity index (χ1v) is 5.59. The summed E-state index contributed by atoms with van der Waals surface area (Å²) in [5.41, 5.74) is 1.95. The lowest BCUT2D eigenvalue weighted by Gasteiger charge is -2.07. The molecule has 1 rings (SSSR count). The number of aliphatic hydroxyl groups is 1. The van der Waals surface area contributed by atoms with Gasteiger partial charge in [0.05, 0.1) is 12.8 Å². The summed E-state index contributed by atoms with van der Waals surface area (Å²) in [6.45, 7) is 3.86. The van der Waals surface area contributed by atoms with E-state index in [1.165, 1.54) is 0 Å². The van der Waals surface area contributed by atoms with Crippen molar-refractivity contribution in [1.29, 1.82) is 0 Å². The van der Waals surface area contributed by atoms with Crippen LogP contribution < -0.4 is 10.1 Å². The molecule has 2 N–H and O–H groups in total. The summed E-state index contributed by atoms with van der Waals surface area (Å²) in [5, 5.41) is 11.9. The van der Waals surface area contributed by atoms with Crippen LogP contribution in [0, 0.1) is 6.92 Å². The van der Waals surface area contributed by atoms with Gasteiger partial charge in [0.25, 0.3) is 0 Å². The van der Waals surface area contributed by atoms with Crippen molar-refractivity contribution in [3.63, 3.8) is 0 Å². The van der Waals surface area contributed by atoms with Gasteiger partial charge >= 0.3 is 0 Å². The Morgan fingerprint density at radius 2 is 2.19 bits per heavy atom. The number of aliphatic hydroxyl groups excluding tert-OH is 1. The highest BCUT2D eigenvalue weighted by Gasteiger charge is 1.99. The summed E-state index contributed by atoms with van der Waals surface area (Å²) in [6, 6.07) is 3.85. The van der Waals surface area contributed by atoms with Crippen molar-refractivity contribution in [1.82, 2.24) is 10.3 Å². The Kier molecular flexibility index (Phi) is 5.82. The van der Waals surface area contributed by atoms with E-state index >= 15 is 0 Å². The summed E-state index contributed by atoms with van der Waals surface area (Å²) in [4.78, 5) is 4.41. The van der Waals surface area contributed by atoms with Crippen molar-refractivity contribution in [2.45, 2.75) is 26.3 Å². The predicted octanol–water partition coefficient (Wildman–Crippen LogP) is 1.26. The first-order chi connectivity index (χ1) is 7.76. The minimum absolute atomic E-state index is 0.262. The number of pyridine rings is 1. The number of aryl methyl sites for hydroxylation is 1. The molecule has 0 aromatic carbocycles. The fraction of sp³-hybridized carbons (Fsp3) is 0.583. The van der Waals surface area contributed by atoms with Crippen LogP contribution in [0.1, 0.15) is 24.2 Å². The molecular weight excluding hydrogens is 204 g/mol. The topological polar surface area (TPSA) is 54.4 Å². The minimum atomic E-state index is 0.262. The van der Waals surface area contributed by atoms with Gasteiger partial charge in [-0.25, -0.2) is 0 Å². The molecule has 0 saturated heterocycles. The molecule has 0 atom stereocenters. The average molecular weight is 224 g/mol. The molecule has 1 heterocycles. The van der Waals surface area contributed by atoms with E-state index in [9.17, 15) is 0 Å². The zero-order chi connectivity index (χ0) is 11.8. The SMILES string of the molecule is COc1cc(C)nc(CNCCCCO)c1. The molecular formula is C12H20N2O2. The quantitative estimate of drug-likeness (QED) is 0.685. The molecule has 16 heavy (non-hydrogen) atoms. The minimum Gasteiger partial charge on any atom is -0.497 e. The highest BCUT2D eigenvalue weighted by Crippen LogP contribution is 2.12. The molecule has 1 aromatic rings. The van der Waals surface area contributed by atoms with Crippen LogP contribution in [-0.4, -0.2) is 30.4 Å². The van der Waals surface area contributed by atoms with Gasteiger partial charge < -0.3 is 15.2 Å². The largest absolute Gasteiger partial charge is 0.497 e. The van der Waals surface area contributed by atoms with Crippen LogP contribution in [0.3, 0.4) is 0 Å². The van der Waals surface area contributed by atoms with E-state index in [2.05, 4.69) is 10.3 Å². The van der Waals surface area contributed by atoms with Gasteiger partial charge in [-0.05, 0) is 26.3 Å².